The van der Waals surface area contributed by atoms with Crippen LogP contribution in [0.2, 0.25) is 13.1 Å². The molecule has 0 saturated carbocycles. The molecule has 0 aliphatic heterocycles. The third kappa shape index (κ3) is 4.96. The van der Waals surface area contributed by atoms with Crippen molar-refractivity contribution in [2.75, 3.05) is 13.7 Å². The monoisotopic (exact) mass is 161 g/mol. The SMILES string of the molecule is CCCCON(C)[SiH](C)C. The van der Waals surface area contributed by atoms with Crippen LogP contribution in [0.4, 0.5) is 0 Å². The van der Waals surface area contributed by atoms with Gasteiger partial charge in [-0.2, -0.15) is 0 Å². The van der Waals surface area contributed by atoms with E-state index in [4.69, 9.17) is 4.84 Å². The van der Waals surface area contributed by atoms with Crippen LogP contribution in [0.15, 0.2) is 0 Å². The smallest absolute Gasteiger partial charge is 0.138 e. The Kier molecular flexibility index (Phi) is 5.97. The molecular formula is C7H19NOSi. The van der Waals surface area contributed by atoms with Crippen LogP contribution >= 0.6 is 0 Å². The molecule has 0 rings (SSSR count). The van der Waals surface area contributed by atoms with Gasteiger partial charge in [-0.25, -0.2) is 4.73 Å². The Balaban J connectivity index is 3.13. The Hall–Kier alpha value is 0.137. The molecule has 0 unspecified atom stereocenters. The van der Waals surface area contributed by atoms with Gasteiger partial charge >= 0.3 is 0 Å². The molecule has 0 aromatic carbocycles. The average molecular weight is 161 g/mol. The number of hydroxylamine groups is 1. The number of hydrogen-bond acceptors (Lipinski definition) is 2. The fourth-order valence-electron chi connectivity index (χ4n) is 0.502. The minimum atomic E-state index is -0.696. The molecule has 0 aromatic heterocycles. The third-order valence-electron chi connectivity index (χ3n) is 1.52. The number of nitrogens with zero attached hydrogens (tertiary/aromatic N) is 1. The average Bonchev–Trinajstić information content (AvgIpc) is 1.88. The first kappa shape index (κ1) is 10.1. The molecular weight excluding hydrogens is 142 g/mol. The molecule has 0 aromatic rings. The molecule has 62 valence electrons. The van der Waals surface area contributed by atoms with Gasteiger partial charge in [-0.1, -0.05) is 26.4 Å². The van der Waals surface area contributed by atoms with Gasteiger partial charge in [0.2, 0.25) is 0 Å². The summed E-state index contributed by atoms with van der Waals surface area (Å²) in [5, 5.41) is 0. The van der Waals surface area contributed by atoms with Crippen molar-refractivity contribution in [1.82, 2.24) is 4.73 Å². The van der Waals surface area contributed by atoms with E-state index in [1.54, 1.807) is 0 Å². The molecule has 0 amide bonds. The van der Waals surface area contributed by atoms with Crippen LogP contribution < -0.4 is 0 Å². The highest BCUT2D eigenvalue weighted by atomic mass is 28.3. The van der Waals surface area contributed by atoms with Gasteiger partial charge in [0.15, 0.2) is 0 Å². The quantitative estimate of drug-likeness (QED) is 0.345. The zero-order valence-corrected chi connectivity index (χ0v) is 8.71. The Morgan fingerprint density at radius 1 is 1.40 bits per heavy atom. The molecule has 0 heterocycles. The highest BCUT2D eigenvalue weighted by Gasteiger charge is 2.02. The Morgan fingerprint density at radius 2 is 2.00 bits per heavy atom. The molecule has 0 atom stereocenters. The predicted molar refractivity (Wildman–Crippen MR) is 47.5 cm³/mol. The largest absolute Gasteiger partial charge is 0.307 e. The lowest BCUT2D eigenvalue weighted by Gasteiger charge is -2.19. The molecule has 0 aliphatic carbocycles. The van der Waals surface area contributed by atoms with Crippen molar-refractivity contribution >= 4 is 8.96 Å². The molecule has 0 radical (unpaired) electrons. The van der Waals surface area contributed by atoms with Crippen molar-refractivity contribution in [2.24, 2.45) is 0 Å². The van der Waals surface area contributed by atoms with E-state index in [0.717, 1.165) is 6.61 Å². The minimum absolute atomic E-state index is 0.696. The Bertz CT molecular complexity index is 78.0. The highest BCUT2D eigenvalue weighted by molar-refractivity contribution is 6.52. The van der Waals surface area contributed by atoms with Gasteiger partial charge in [-0.3, -0.25) is 0 Å². The molecule has 0 N–H and O–H groups in total. The fourth-order valence-corrected chi connectivity index (χ4v) is 0.906. The van der Waals surface area contributed by atoms with E-state index in [0.29, 0.717) is 0 Å². The molecule has 0 spiro atoms. The van der Waals surface area contributed by atoms with Gasteiger partial charge < -0.3 is 4.84 Å². The summed E-state index contributed by atoms with van der Waals surface area (Å²) in [6, 6.07) is 0. The summed E-state index contributed by atoms with van der Waals surface area (Å²) in [4.78, 5) is 5.44. The first-order valence-corrected chi connectivity index (χ1v) is 6.86. The summed E-state index contributed by atoms with van der Waals surface area (Å²) in [5.41, 5.74) is 0. The molecule has 3 heteroatoms. The Labute approximate surface area is 65.8 Å². The van der Waals surface area contributed by atoms with E-state index in [1.165, 1.54) is 12.8 Å². The van der Waals surface area contributed by atoms with Crippen LogP contribution in [0, 0.1) is 0 Å². The topological polar surface area (TPSA) is 12.5 Å². The Morgan fingerprint density at radius 3 is 2.40 bits per heavy atom. The van der Waals surface area contributed by atoms with Crippen molar-refractivity contribution in [3.63, 3.8) is 0 Å². The standard InChI is InChI=1S/C7H19NOSi/c1-5-6-7-9-8(2)10(3)4/h10H,5-7H2,1-4H3. The van der Waals surface area contributed by atoms with Crippen LogP contribution in [0.5, 0.6) is 0 Å². The van der Waals surface area contributed by atoms with E-state index in [9.17, 15) is 0 Å². The van der Waals surface area contributed by atoms with Gasteiger partial charge in [0.25, 0.3) is 0 Å². The van der Waals surface area contributed by atoms with Gasteiger partial charge in [-0.05, 0) is 6.42 Å². The van der Waals surface area contributed by atoms with Crippen LogP contribution in [0.25, 0.3) is 0 Å². The summed E-state index contributed by atoms with van der Waals surface area (Å²) >= 11 is 0. The van der Waals surface area contributed by atoms with Gasteiger partial charge in [0, 0.05) is 7.05 Å². The normalized spacial score (nSPS) is 11.4. The van der Waals surface area contributed by atoms with Crippen molar-refractivity contribution in [2.45, 2.75) is 32.9 Å². The highest BCUT2D eigenvalue weighted by Crippen LogP contribution is 1.94. The zero-order valence-electron chi connectivity index (χ0n) is 7.55. The van der Waals surface area contributed by atoms with Crippen molar-refractivity contribution in [3.05, 3.63) is 0 Å². The third-order valence-corrected chi connectivity index (χ3v) is 3.12. The van der Waals surface area contributed by atoms with E-state index >= 15 is 0 Å². The molecule has 0 bridgehead atoms. The number of hydrogen-bond donors (Lipinski definition) is 0. The molecule has 2 nitrogen and oxygen atoms in total. The first-order chi connectivity index (χ1) is 4.68. The molecule has 0 saturated heterocycles. The lowest BCUT2D eigenvalue weighted by molar-refractivity contribution is -0.0727. The number of rotatable bonds is 5. The molecule has 0 fully saturated rings. The second-order valence-corrected chi connectivity index (χ2v) is 5.74. The van der Waals surface area contributed by atoms with Gasteiger partial charge in [0.1, 0.15) is 8.96 Å². The first-order valence-electron chi connectivity index (χ1n) is 4.04. The lowest BCUT2D eigenvalue weighted by Crippen LogP contribution is -2.30. The number of unbranched alkanes of at least 4 members (excludes halogenated alkanes) is 1. The lowest BCUT2D eigenvalue weighted by atomic mass is 10.4. The van der Waals surface area contributed by atoms with Crippen LogP contribution in [0.1, 0.15) is 19.8 Å². The van der Waals surface area contributed by atoms with Gasteiger partial charge in [-0.15, -0.1) is 0 Å². The summed E-state index contributed by atoms with van der Waals surface area (Å²) in [7, 11) is 1.34. The molecule has 10 heavy (non-hydrogen) atoms. The van der Waals surface area contributed by atoms with Crippen LogP contribution in [-0.4, -0.2) is 27.3 Å². The van der Waals surface area contributed by atoms with Crippen LogP contribution in [0.3, 0.4) is 0 Å². The molecule has 0 aliphatic rings. The minimum Gasteiger partial charge on any atom is -0.307 e. The van der Waals surface area contributed by atoms with Crippen molar-refractivity contribution < 1.29 is 4.84 Å². The second kappa shape index (κ2) is 5.89. The predicted octanol–water partition coefficient (Wildman–Crippen LogP) is 1.63. The van der Waals surface area contributed by atoms with Crippen molar-refractivity contribution in [1.29, 1.82) is 0 Å². The maximum absolute atomic E-state index is 5.44. The van der Waals surface area contributed by atoms with Crippen molar-refractivity contribution in [3.8, 4) is 0 Å². The fraction of sp³-hybridized carbons (Fsp3) is 1.00. The zero-order chi connectivity index (χ0) is 7.98. The van der Waals surface area contributed by atoms with E-state index in [-0.39, 0.29) is 0 Å². The van der Waals surface area contributed by atoms with Gasteiger partial charge in [0.05, 0.1) is 6.61 Å². The van der Waals surface area contributed by atoms with Crippen LogP contribution in [-0.2, 0) is 4.84 Å². The summed E-state index contributed by atoms with van der Waals surface area (Å²) in [5.74, 6) is 0. The second-order valence-electron chi connectivity index (χ2n) is 2.83. The summed E-state index contributed by atoms with van der Waals surface area (Å²) in [6.07, 6.45) is 2.39. The van der Waals surface area contributed by atoms with E-state index in [2.05, 4.69) is 20.0 Å². The maximum atomic E-state index is 5.44. The summed E-state index contributed by atoms with van der Waals surface area (Å²) in [6.45, 7) is 7.58. The summed E-state index contributed by atoms with van der Waals surface area (Å²) < 4.78 is 2.04. The van der Waals surface area contributed by atoms with E-state index < -0.39 is 8.96 Å². The van der Waals surface area contributed by atoms with E-state index in [1.807, 2.05) is 11.8 Å². The maximum Gasteiger partial charge on any atom is 0.138 e.